The van der Waals surface area contributed by atoms with Gasteiger partial charge in [-0.15, -0.1) is 10.2 Å². The highest BCUT2D eigenvalue weighted by molar-refractivity contribution is 5.11. The van der Waals surface area contributed by atoms with Crippen molar-refractivity contribution >= 4 is 0 Å². The molecule has 4 nitrogen and oxygen atoms in total. The van der Waals surface area contributed by atoms with Gasteiger partial charge >= 0.3 is 0 Å². The van der Waals surface area contributed by atoms with E-state index in [0.29, 0.717) is 5.54 Å². The lowest BCUT2D eigenvalue weighted by molar-refractivity contribution is -0.0455. The summed E-state index contributed by atoms with van der Waals surface area (Å²) < 4.78 is 2.50. The summed E-state index contributed by atoms with van der Waals surface area (Å²) in [5.74, 6) is 5.07. The van der Waals surface area contributed by atoms with E-state index in [4.69, 9.17) is 5.73 Å². The van der Waals surface area contributed by atoms with Crippen molar-refractivity contribution in [1.29, 1.82) is 0 Å². The number of rotatable bonds is 3. The third kappa shape index (κ3) is 1.84. The van der Waals surface area contributed by atoms with Crippen LogP contribution in [0.5, 0.6) is 0 Å². The summed E-state index contributed by atoms with van der Waals surface area (Å²) in [6.07, 6.45) is 9.33. The van der Waals surface area contributed by atoms with Gasteiger partial charge in [-0.05, 0) is 70.1 Å². The Bertz CT molecular complexity index is 481. The standard InChI is InChI=1S/C16H26N4/c1-10(17)3-15-19-18-11(2)20(15)16-7-12-4-13(8-16)6-14(5-12)9-16/h10,12-14H,3-9,17H2,1-2H3. The highest BCUT2D eigenvalue weighted by Gasteiger charge is 2.52. The maximum Gasteiger partial charge on any atom is 0.135 e. The van der Waals surface area contributed by atoms with Crippen LogP contribution in [0.2, 0.25) is 0 Å². The molecular weight excluding hydrogens is 248 g/mol. The number of hydrogen-bond donors (Lipinski definition) is 1. The van der Waals surface area contributed by atoms with Crippen molar-refractivity contribution in [3.8, 4) is 0 Å². The Kier molecular flexibility index (Phi) is 2.75. The van der Waals surface area contributed by atoms with Gasteiger partial charge in [0.05, 0.1) is 0 Å². The molecule has 0 amide bonds. The predicted octanol–water partition coefficient (Wildman–Crippen LogP) is 2.40. The highest BCUT2D eigenvalue weighted by Crippen LogP contribution is 2.59. The zero-order valence-corrected chi connectivity index (χ0v) is 12.7. The Morgan fingerprint density at radius 2 is 1.70 bits per heavy atom. The summed E-state index contributed by atoms with van der Waals surface area (Å²) in [6.45, 7) is 4.18. The topological polar surface area (TPSA) is 56.7 Å². The lowest BCUT2D eigenvalue weighted by Crippen LogP contribution is -2.52. The van der Waals surface area contributed by atoms with Crippen molar-refractivity contribution in [2.75, 3.05) is 0 Å². The Balaban J connectivity index is 1.75. The van der Waals surface area contributed by atoms with Crippen molar-refractivity contribution in [2.45, 2.75) is 70.4 Å². The molecule has 1 atom stereocenters. The molecule has 4 aliphatic rings. The van der Waals surface area contributed by atoms with Crippen molar-refractivity contribution in [2.24, 2.45) is 23.5 Å². The minimum absolute atomic E-state index is 0.159. The van der Waals surface area contributed by atoms with E-state index in [1.807, 2.05) is 0 Å². The van der Waals surface area contributed by atoms with Crippen LogP contribution in [0, 0.1) is 24.7 Å². The van der Waals surface area contributed by atoms with Crippen LogP contribution < -0.4 is 5.73 Å². The van der Waals surface area contributed by atoms with E-state index in [2.05, 4.69) is 28.6 Å². The van der Waals surface area contributed by atoms with Gasteiger partial charge in [0.2, 0.25) is 0 Å². The second-order valence-corrected chi connectivity index (χ2v) is 7.82. The predicted molar refractivity (Wildman–Crippen MR) is 78.3 cm³/mol. The van der Waals surface area contributed by atoms with Gasteiger partial charge in [0.1, 0.15) is 11.6 Å². The van der Waals surface area contributed by atoms with Crippen LogP contribution in [0.15, 0.2) is 0 Å². The molecule has 0 aromatic carbocycles. The maximum atomic E-state index is 6.01. The lowest BCUT2D eigenvalue weighted by Gasteiger charge is -2.57. The van der Waals surface area contributed by atoms with Gasteiger partial charge in [-0.3, -0.25) is 0 Å². The fourth-order valence-corrected chi connectivity index (χ4v) is 5.78. The molecule has 5 rings (SSSR count). The third-order valence-electron chi connectivity index (χ3n) is 5.88. The van der Waals surface area contributed by atoms with E-state index in [9.17, 15) is 0 Å². The third-order valence-corrected chi connectivity index (χ3v) is 5.88. The van der Waals surface area contributed by atoms with Gasteiger partial charge in [0, 0.05) is 18.0 Å². The first-order valence-electron chi connectivity index (χ1n) is 8.23. The number of hydrogen-bond acceptors (Lipinski definition) is 3. The second-order valence-electron chi connectivity index (χ2n) is 7.82. The van der Waals surface area contributed by atoms with E-state index in [0.717, 1.165) is 35.8 Å². The Labute approximate surface area is 121 Å². The van der Waals surface area contributed by atoms with Crippen LogP contribution in [0.1, 0.15) is 57.1 Å². The van der Waals surface area contributed by atoms with Gasteiger partial charge in [0.15, 0.2) is 0 Å². The van der Waals surface area contributed by atoms with Gasteiger partial charge in [-0.1, -0.05) is 0 Å². The molecule has 1 aromatic rings. The molecule has 110 valence electrons. The number of aryl methyl sites for hydroxylation is 1. The van der Waals surface area contributed by atoms with Crippen molar-refractivity contribution in [1.82, 2.24) is 14.8 Å². The van der Waals surface area contributed by atoms with Crippen molar-refractivity contribution in [3.05, 3.63) is 11.6 Å². The highest BCUT2D eigenvalue weighted by atomic mass is 15.3. The monoisotopic (exact) mass is 274 g/mol. The van der Waals surface area contributed by atoms with E-state index in [1.165, 1.54) is 38.5 Å². The molecule has 4 saturated carbocycles. The fraction of sp³-hybridized carbons (Fsp3) is 0.875. The largest absolute Gasteiger partial charge is 0.328 e. The summed E-state index contributed by atoms with van der Waals surface area (Å²) in [7, 11) is 0. The van der Waals surface area contributed by atoms with Crippen LogP contribution in [0.3, 0.4) is 0 Å². The SMILES string of the molecule is Cc1nnc(CC(C)N)n1C12CC3CC(CC(C3)C1)C2. The molecule has 1 unspecified atom stereocenters. The van der Waals surface area contributed by atoms with Crippen LogP contribution in [-0.2, 0) is 12.0 Å². The Hall–Kier alpha value is -0.900. The second kappa shape index (κ2) is 4.30. The van der Waals surface area contributed by atoms with Crippen LogP contribution in [-0.4, -0.2) is 20.8 Å². The smallest absolute Gasteiger partial charge is 0.135 e. The number of aromatic nitrogens is 3. The van der Waals surface area contributed by atoms with E-state index in [1.54, 1.807) is 0 Å². The van der Waals surface area contributed by atoms with Gasteiger partial charge in [-0.25, -0.2) is 0 Å². The molecule has 4 aliphatic carbocycles. The summed E-state index contributed by atoms with van der Waals surface area (Å²) in [4.78, 5) is 0. The molecule has 2 N–H and O–H groups in total. The molecule has 4 heteroatoms. The zero-order valence-electron chi connectivity index (χ0n) is 12.7. The number of nitrogens with two attached hydrogens (primary N) is 1. The van der Waals surface area contributed by atoms with Crippen LogP contribution in [0.4, 0.5) is 0 Å². The molecule has 1 aromatic heterocycles. The first-order chi connectivity index (χ1) is 9.56. The van der Waals surface area contributed by atoms with Crippen molar-refractivity contribution in [3.63, 3.8) is 0 Å². The summed E-state index contributed by atoms with van der Waals surface area (Å²) in [5.41, 5.74) is 6.34. The average molecular weight is 274 g/mol. The van der Waals surface area contributed by atoms with Gasteiger partial charge in [0.25, 0.3) is 0 Å². The minimum atomic E-state index is 0.159. The zero-order chi connectivity index (χ0) is 13.9. The lowest BCUT2D eigenvalue weighted by atomic mass is 9.53. The molecule has 0 aliphatic heterocycles. The summed E-state index contributed by atoms with van der Waals surface area (Å²) in [5, 5.41) is 8.83. The molecule has 20 heavy (non-hydrogen) atoms. The summed E-state index contributed by atoms with van der Waals surface area (Å²) in [6, 6.07) is 0.159. The maximum absolute atomic E-state index is 6.01. The summed E-state index contributed by atoms with van der Waals surface area (Å²) >= 11 is 0. The van der Waals surface area contributed by atoms with E-state index < -0.39 is 0 Å². The first kappa shape index (κ1) is 12.8. The van der Waals surface area contributed by atoms with Gasteiger partial charge < -0.3 is 10.3 Å². The minimum Gasteiger partial charge on any atom is -0.328 e. The molecule has 1 heterocycles. The molecule has 0 radical (unpaired) electrons. The fourth-order valence-electron chi connectivity index (χ4n) is 5.78. The van der Waals surface area contributed by atoms with Gasteiger partial charge in [-0.2, -0.15) is 0 Å². The van der Waals surface area contributed by atoms with Crippen molar-refractivity contribution < 1.29 is 0 Å². The number of nitrogens with zero attached hydrogens (tertiary/aromatic N) is 3. The van der Waals surface area contributed by atoms with E-state index in [-0.39, 0.29) is 6.04 Å². The average Bonchev–Trinajstić information content (AvgIpc) is 2.68. The molecule has 4 fully saturated rings. The molecule has 0 spiro atoms. The molecule has 4 bridgehead atoms. The molecular formula is C16H26N4. The van der Waals surface area contributed by atoms with E-state index >= 15 is 0 Å². The van der Waals surface area contributed by atoms with Crippen LogP contribution in [0.25, 0.3) is 0 Å². The van der Waals surface area contributed by atoms with Crippen LogP contribution >= 0.6 is 0 Å². The molecule has 0 saturated heterocycles. The first-order valence-corrected chi connectivity index (χ1v) is 8.23. The quantitative estimate of drug-likeness (QED) is 0.921. The normalized spacial score (nSPS) is 40.2. The Morgan fingerprint density at radius 3 is 2.20 bits per heavy atom. The Morgan fingerprint density at radius 1 is 1.15 bits per heavy atom.